The summed E-state index contributed by atoms with van der Waals surface area (Å²) in [5.74, 6) is 0.566. The molecule has 0 fully saturated rings. The van der Waals surface area contributed by atoms with Crippen molar-refractivity contribution in [3.8, 4) is 0 Å². The summed E-state index contributed by atoms with van der Waals surface area (Å²) < 4.78 is 0. The predicted octanol–water partition coefficient (Wildman–Crippen LogP) is 2.07. The van der Waals surface area contributed by atoms with Crippen LogP contribution >= 0.6 is 0 Å². The van der Waals surface area contributed by atoms with Crippen LogP contribution in [0, 0.1) is 0 Å². The number of aromatic nitrogens is 3. The van der Waals surface area contributed by atoms with E-state index in [-0.39, 0.29) is 11.3 Å². The number of H-pyrrole nitrogens is 1. The first-order valence-electron chi connectivity index (χ1n) is 6.86. The van der Waals surface area contributed by atoms with E-state index in [2.05, 4.69) is 46.6 Å². The second kappa shape index (κ2) is 5.95. The molecule has 2 heterocycles. The number of aromatic amines is 1. The molecule has 0 unspecified atom stereocenters. The molecule has 0 aromatic carbocycles. The van der Waals surface area contributed by atoms with Gasteiger partial charge in [0.15, 0.2) is 0 Å². The lowest BCUT2D eigenvalue weighted by Crippen LogP contribution is -2.24. The van der Waals surface area contributed by atoms with Gasteiger partial charge in [0, 0.05) is 42.0 Å². The minimum atomic E-state index is -0.124. The Labute approximate surface area is 124 Å². The largest absolute Gasteiger partial charge is 0.373 e. The minimum absolute atomic E-state index is 0.119. The summed E-state index contributed by atoms with van der Waals surface area (Å²) in [6.45, 7) is 6.66. The highest BCUT2D eigenvalue weighted by Gasteiger charge is 2.19. The maximum Gasteiger partial charge on any atom is 0.251 e. The van der Waals surface area contributed by atoms with E-state index < -0.39 is 0 Å². The first-order valence-corrected chi connectivity index (χ1v) is 6.86. The molecule has 0 aliphatic carbocycles. The topological polar surface area (TPSA) is 82.7 Å². The van der Waals surface area contributed by atoms with E-state index in [1.807, 2.05) is 6.07 Å². The molecule has 112 valence electrons. The Morgan fingerprint density at radius 2 is 2.10 bits per heavy atom. The van der Waals surface area contributed by atoms with Crippen LogP contribution in [0.3, 0.4) is 0 Å². The fourth-order valence-electron chi connectivity index (χ4n) is 1.83. The molecule has 1 amide bonds. The number of amides is 1. The third kappa shape index (κ3) is 3.81. The number of carbonyl (C=O) groups excluding carboxylic acids is 1. The molecule has 0 saturated heterocycles. The molecule has 21 heavy (non-hydrogen) atoms. The van der Waals surface area contributed by atoms with Crippen molar-refractivity contribution in [2.75, 3.05) is 12.4 Å². The van der Waals surface area contributed by atoms with Crippen molar-refractivity contribution in [3.63, 3.8) is 0 Å². The smallest absolute Gasteiger partial charge is 0.251 e. The highest BCUT2D eigenvalue weighted by atomic mass is 16.1. The molecule has 0 saturated carbocycles. The van der Waals surface area contributed by atoms with Gasteiger partial charge in [-0.25, -0.2) is 4.98 Å². The second-order valence-electron chi connectivity index (χ2n) is 5.92. The average molecular weight is 287 g/mol. The van der Waals surface area contributed by atoms with Crippen LogP contribution in [0.15, 0.2) is 24.5 Å². The molecule has 0 radical (unpaired) electrons. The first kappa shape index (κ1) is 15.0. The number of rotatable bonds is 4. The molecule has 2 rings (SSSR count). The molecule has 0 bridgehead atoms. The van der Waals surface area contributed by atoms with Gasteiger partial charge in [-0.05, 0) is 12.1 Å². The Morgan fingerprint density at radius 3 is 2.67 bits per heavy atom. The summed E-state index contributed by atoms with van der Waals surface area (Å²) in [6, 6.07) is 3.59. The molecule has 6 heteroatoms. The molecule has 0 atom stereocenters. The third-order valence-electron chi connectivity index (χ3n) is 3.12. The lowest BCUT2D eigenvalue weighted by Gasteiger charge is -2.19. The Kier molecular flexibility index (Phi) is 4.26. The lowest BCUT2D eigenvalue weighted by molar-refractivity contribution is 0.0950. The maximum atomic E-state index is 12.3. The molecule has 0 aliphatic heterocycles. The van der Waals surface area contributed by atoms with Gasteiger partial charge in [-0.3, -0.25) is 9.89 Å². The number of anilines is 1. The lowest BCUT2D eigenvalue weighted by atomic mass is 9.90. The van der Waals surface area contributed by atoms with E-state index in [1.165, 1.54) is 0 Å². The Bertz CT molecular complexity index is 613. The zero-order valence-electron chi connectivity index (χ0n) is 12.8. The van der Waals surface area contributed by atoms with E-state index in [4.69, 9.17) is 0 Å². The van der Waals surface area contributed by atoms with Crippen molar-refractivity contribution in [1.82, 2.24) is 20.5 Å². The third-order valence-corrected chi connectivity index (χ3v) is 3.12. The monoisotopic (exact) mass is 287 g/mol. The second-order valence-corrected chi connectivity index (χ2v) is 5.92. The fourth-order valence-corrected chi connectivity index (χ4v) is 1.83. The number of pyridine rings is 1. The van der Waals surface area contributed by atoms with Crippen LogP contribution in [0.5, 0.6) is 0 Å². The molecular weight excluding hydrogens is 266 g/mol. The van der Waals surface area contributed by atoms with Crippen molar-refractivity contribution in [2.45, 2.75) is 32.7 Å². The van der Waals surface area contributed by atoms with Gasteiger partial charge in [-0.1, -0.05) is 20.8 Å². The number of nitrogens with one attached hydrogen (secondary N) is 3. The van der Waals surface area contributed by atoms with Crippen molar-refractivity contribution in [1.29, 1.82) is 0 Å². The van der Waals surface area contributed by atoms with Crippen molar-refractivity contribution in [3.05, 3.63) is 41.3 Å². The molecule has 0 spiro atoms. The molecule has 0 aliphatic rings. The highest BCUT2D eigenvalue weighted by Crippen LogP contribution is 2.23. The summed E-state index contributed by atoms with van der Waals surface area (Å²) >= 11 is 0. The summed E-state index contributed by atoms with van der Waals surface area (Å²) in [5, 5.41) is 12.4. The Balaban J connectivity index is 2.19. The molecule has 6 nitrogen and oxygen atoms in total. The molecule has 2 aromatic heterocycles. The van der Waals surface area contributed by atoms with Crippen LogP contribution in [-0.4, -0.2) is 28.1 Å². The molecule has 2 aromatic rings. The Morgan fingerprint density at radius 1 is 1.33 bits per heavy atom. The van der Waals surface area contributed by atoms with E-state index in [1.54, 1.807) is 25.5 Å². The summed E-state index contributed by atoms with van der Waals surface area (Å²) in [5.41, 5.74) is 2.29. The van der Waals surface area contributed by atoms with E-state index in [9.17, 15) is 4.79 Å². The van der Waals surface area contributed by atoms with E-state index >= 15 is 0 Å². The van der Waals surface area contributed by atoms with Crippen LogP contribution in [0.25, 0.3) is 0 Å². The van der Waals surface area contributed by atoms with Crippen LogP contribution in [0.4, 0.5) is 5.82 Å². The van der Waals surface area contributed by atoms with Gasteiger partial charge >= 0.3 is 0 Å². The van der Waals surface area contributed by atoms with Crippen molar-refractivity contribution in [2.24, 2.45) is 0 Å². The van der Waals surface area contributed by atoms with Gasteiger partial charge in [0.25, 0.3) is 5.91 Å². The SMILES string of the molecule is CNc1cc(C(=O)NCc2cn[nH]c2)cc(C(C)(C)C)n1. The number of hydrogen-bond donors (Lipinski definition) is 3. The summed E-state index contributed by atoms with van der Waals surface area (Å²) in [7, 11) is 1.79. The van der Waals surface area contributed by atoms with Gasteiger partial charge in [0.05, 0.1) is 6.20 Å². The van der Waals surface area contributed by atoms with E-state index in [0.717, 1.165) is 11.3 Å². The normalized spacial score (nSPS) is 11.2. The van der Waals surface area contributed by atoms with Gasteiger partial charge in [-0.2, -0.15) is 5.10 Å². The van der Waals surface area contributed by atoms with Gasteiger partial charge in [0.1, 0.15) is 5.82 Å². The molecule has 3 N–H and O–H groups in total. The number of nitrogens with zero attached hydrogens (tertiary/aromatic N) is 2. The number of carbonyl (C=O) groups is 1. The van der Waals surface area contributed by atoms with E-state index in [0.29, 0.717) is 17.9 Å². The van der Waals surface area contributed by atoms with Gasteiger partial charge in [0.2, 0.25) is 0 Å². The van der Waals surface area contributed by atoms with Crippen molar-refractivity contribution >= 4 is 11.7 Å². The standard InChI is InChI=1S/C15H21N5O/c1-15(2,3)12-5-11(6-13(16-4)20-12)14(21)17-7-10-8-18-19-9-10/h5-6,8-9H,7H2,1-4H3,(H,16,20)(H,17,21)(H,18,19). The zero-order chi connectivity index (χ0) is 15.5. The number of hydrogen-bond acceptors (Lipinski definition) is 4. The van der Waals surface area contributed by atoms with Crippen molar-refractivity contribution < 1.29 is 4.79 Å². The van der Waals surface area contributed by atoms with Crippen LogP contribution in [0.1, 0.15) is 42.4 Å². The van der Waals surface area contributed by atoms with Gasteiger partial charge in [-0.15, -0.1) is 0 Å². The average Bonchev–Trinajstić information content (AvgIpc) is 2.96. The first-order chi connectivity index (χ1) is 9.90. The summed E-state index contributed by atoms with van der Waals surface area (Å²) in [4.78, 5) is 16.8. The quantitative estimate of drug-likeness (QED) is 0.804. The Hall–Kier alpha value is -2.37. The fraction of sp³-hybridized carbons (Fsp3) is 0.400. The predicted molar refractivity (Wildman–Crippen MR) is 82.2 cm³/mol. The zero-order valence-corrected chi connectivity index (χ0v) is 12.8. The summed E-state index contributed by atoms with van der Waals surface area (Å²) in [6.07, 6.45) is 3.44. The van der Waals surface area contributed by atoms with Crippen LogP contribution in [-0.2, 0) is 12.0 Å². The maximum absolute atomic E-state index is 12.3. The van der Waals surface area contributed by atoms with Crippen LogP contribution < -0.4 is 10.6 Å². The van der Waals surface area contributed by atoms with Gasteiger partial charge < -0.3 is 10.6 Å². The highest BCUT2D eigenvalue weighted by molar-refractivity contribution is 5.95. The molecular formula is C15H21N5O. The minimum Gasteiger partial charge on any atom is -0.373 e. The van der Waals surface area contributed by atoms with Crippen LogP contribution in [0.2, 0.25) is 0 Å².